The fraction of sp³-hybridized carbons (Fsp3) is 0.0556. The van der Waals surface area contributed by atoms with E-state index >= 15 is 0 Å². The van der Waals surface area contributed by atoms with Crippen molar-refractivity contribution in [1.82, 2.24) is 19.7 Å². The largest absolute Gasteiger partial charge is 0.334 e. The number of benzene rings is 2. The van der Waals surface area contributed by atoms with Gasteiger partial charge in [0.1, 0.15) is 0 Å². The molecule has 0 aliphatic carbocycles. The van der Waals surface area contributed by atoms with E-state index in [9.17, 15) is 9.59 Å². The summed E-state index contributed by atoms with van der Waals surface area (Å²) in [5, 5.41) is 12.8. The summed E-state index contributed by atoms with van der Waals surface area (Å²) in [5.41, 5.74) is 1.65. The van der Waals surface area contributed by atoms with Gasteiger partial charge in [-0.05, 0) is 42.5 Å². The minimum absolute atomic E-state index is 0.318. The highest BCUT2D eigenvalue weighted by Gasteiger charge is 2.12. The highest BCUT2D eigenvalue weighted by molar-refractivity contribution is 5.80. The van der Waals surface area contributed by atoms with Gasteiger partial charge in [-0.2, -0.15) is 10.2 Å². The molecule has 0 fully saturated rings. The zero-order valence-electron chi connectivity index (χ0n) is 13.6. The molecule has 4 rings (SSSR count). The van der Waals surface area contributed by atoms with E-state index in [4.69, 9.17) is 9.78 Å². The Morgan fingerprint density at radius 2 is 1.85 bits per heavy atom. The normalized spacial score (nSPS) is 10.8. The van der Waals surface area contributed by atoms with Crippen LogP contribution in [-0.2, 0) is 7.05 Å². The van der Waals surface area contributed by atoms with Gasteiger partial charge >= 0.3 is 11.1 Å². The van der Waals surface area contributed by atoms with Gasteiger partial charge in [0, 0.05) is 18.2 Å². The quantitative estimate of drug-likeness (QED) is 0.554. The molecule has 0 amide bonds. The highest BCUT2D eigenvalue weighted by Crippen LogP contribution is 2.24. The third kappa shape index (κ3) is 2.48. The Bertz CT molecular complexity index is 1290. The molecule has 0 aliphatic heterocycles. The Hall–Kier alpha value is -3.99. The zero-order valence-corrected chi connectivity index (χ0v) is 13.6. The fourth-order valence-electron chi connectivity index (χ4n) is 2.65. The lowest BCUT2D eigenvalue weighted by Gasteiger charge is -2.04. The number of H-pyrrole nitrogens is 1. The summed E-state index contributed by atoms with van der Waals surface area (Å²) in [6, 6.07) is 14.0. The van der Waals surface area contributed by atoms with E-state index in [1.165, 1.54) is 11.6 Å². The van der Waals surface area contributed by atoms with Crippen LogP contribution in [0, 0.1) is 11.3 Å². The maximum atomic E-state index is 11.7. The first-order valence-electron chi connectivity index (χ1n) is 7.64. The summed E-state index contributed by atoms with van der Waals surface area (Å²) >= 11 is 0. The molecule has 8 heteroatoms. The average Bonchev–Trinajstić information content (AvgIpc) is 3.16. The van der Waals surface area contributed by atoms with Gasteiger partial charge < -0.3 is 14.1 Å². The number of nitrogens with zero attached hydrogens (tertiary/aromatic N) is 4. The molecule has 0 unspecified atom stereocenters. The maximum absolute atomic E-state index is 11.7. The summed E-state index contributed by atoms with van der Waals surface area (Å²) < 4.78 is 6.57. The number of nitrogens with one attached hydrogen (secondary N) is 1. The number of nitriles is 1. The van der Waals surface area contributed by atoms with Crippen LogP contribution in [0.4, 0.5) is 0 Å². The second-order valence-electron chi connectivity index (χ2n) is 5.66. The van der Waals surface area contributed by atoms with Gasteiger partial charge in [0.05, 0.1) is 22.7 Å². The van der Waals surface area contributed by atoms with Crippen molar-refractivity contribution >= 4 is 11.0 Å². The van der Waals surface area contributed by atoms with E-state index < -0.39 is 11.1 Å². The van der Waals surface area contributed by atoms with E-state index in [1.54, 1.807) is 42.5 Å². The number of aromatic amines is 1. The molecule has 2 aromatic heterocycles. The fourth-order valence-corrected chi connectivity index (χ4v) is 2.65. The highest BCUT2D eigenvalue weighted by atomic mass is 16.5. The van der Waals surface area contributed by atoms with Crippen molar-refractivity contribution in [2.24, 2.45) is 7.05 Å². The van der Waals surface area contributed by atoms with Gasteiger partial charge in [0.15, 0.2) is 0 Å². The summed E-state index contributed by atoms with van der Waals surface area (Å²) in [6.45, 7) is 0. The van der Waals surface area contributed by atoms with E-state index in [0.717, 1.165) is 0 Å². The average molecular weight is 345 g/mol. The Morgan fingerprint density at radius 3 is 2.58 bits per heavy atom. The molecule has 0 saturated carbocycles. The van der Waals surface area contributed by atoms with Crippen molar-refractivity contribution in [3.63, 3.8) is 0 Å². The van der Waals surface area contributed by atoms with Crippen LogP contribution in [0.3, 0.4) is 0 Å². The van der Waals surface area contributed by atoms with Crippen LogP contribution in [-0.4, -0.2) is 19.7 Å². The van der Waals surface area contributed by atoms with Crippen LogP contribution in [0.25, 0.3) is 33.9 Å². The lowest BCUT2D eigenvalue weighted by Crippen LogP contribution is -2.34. The molecule has 0 atom stereocenters. The van der Waals surface area contributed by atoms with Gasteiger partial charge in [-0.3, -0.25) is 9.59 Å². The van der Waals surface area contributed by atoms with Crippen LogP contribution in [0.2, 0.25) is 0 Å². The van der Waals surface area contributed by atoms with Crippen LogP contribution in [0.1, 0.15) is 5.56 Å². The van der Waals surface area contributed by atoms with E-state index in [0.29, 0.717) is 39.4 Å². The summed E-state index contributed by atoms with van der Waals surface area (Å²) in [5.74, 6) is 0.666. The molecular formula is C18H11N5O3. The Balaban J connectivity index is 1.77. The number of aromatic nitrogens is 4. The molecule has 8 nitrogen and oxygen atoms in total. The molecule has 26 heavy (non-hydrogen) atoms. The Morgan fingerprint density at radius 1 is 1.12 bits per heavy atom. The first-order chi connectivity index (χ1) is 12.6. The first kappa shape index (κ1) is 15.5. The van der Waals surface area contributed by atoms with Gasteiger partial charge in [0.2, 0.25) is 5.82 Å². The predicted octanol–water partition coefficient (Wildman–Crippen LogP) is 1.82. The predicted molar refractivity (Wildman–Crippen MR) is 93.3 cm³/mol. The van der Waals surface area contributed by atoms with E-state index in [1.807, 2.05) is 6.07 Å². The lowest BCUT2D eigenvalue weighted by atomic mass is 10.1. The molecule has 0 spiro atoms. The molecule has 0 bridgehead atoms. The third-order valence-corrected chi connectivity index (χ3v) is 4.05. The Kier molecular flexibility index (Phi) is 3.48. The zero-order chi connectivity index (χ0) is 18.3. The number of rotatable bonds is 2. The summed E-state index contributed by atoms with van der Waals surface area (Å²) in [7, 11) is 1.54. The molecule has 4 aromatic rings. The first-order valence-corrected chi connectivity index (χ1v) is 7.64. The molecule has 0 radical (unpaired) electrons. The summed E-state index contributed by atoms with van der Waals surface area (Å²) in [4.78, 5) is 30.3. The van der Waals surface area contributed by atoms with Crippen molar-refractivity contribution in [3.05, 3.63) is 68.7 Å². The van der Waals surface area contributed by atoms with Crippen LogP contribution >= 0.6 is 0 Å². The number of aryl methyl sites for hydroxylation is 1. The van der Waals surface area contributed by atoms with Crippen LogP contribution < -0.4 is 11.1 Å². The SMILES string of the molecule is Cn1c(=O)c(=O)[nH]c2cc(-c3noc(-c4ccc(C#N)cc4)n3)ccc21. The van der Waals surface area contributed by atoms with Crippen molar-refractivity contribution < 1.29 is 4.52 Å². The van der Waals surface area contributed by atoms with Crippen molar-refractivity contribution in [2.45, 2.75) is 0 Å². The van der Waals surface area contributed by atoms with E-state index in [-0.39, 0.29) is 0 Å². The van der Waals surface area contributed by atoms with Crippen LogP contribution in [0.5, 0.6) is 0 Å². The van der Waals surface area contributed by atoms with Gasteiger partial charge in [-0.15, -0.1) is 0 Å². The second-order valence-corrected chi connectivity index (χ2v) is 5.66. The van der Waals surface area contributed by atoms with Gasteiger partial charge in [-0.1, -0.05) is 5.16 Å². The lowest BCUT2D eigenvalue weighted by molar-refractivity contribution is 0.432. The molecule has 126 valence electrons. The Labute approximate surface area is 146 Å². The summed E-state index contributed by atoms with van der Waals surface area (Å²) in [6.07, 6.45) is 0. The molecule has 0 saturated heterocycles. The van der Waals surface area contributed by atoms with Gasteiger partial charge in [-0.25, -0.2) is 0 Å². The number of hydrogen-bond acceptors (Lipinski definition) is 6. The third-order valence-electron chi connectivity index (χ3n) is 4.05. The van der Waals surface area contributed by atoms with Crippen LogP contribution in [0.15, 0.2) is 56.6 Å². The van der Waals surface area contributed by atoms with Crippen molar-refractivity contribution in [3.8, 4) is 28.9 Å². The second kappa shape index (κ2) is 5.82. The maximum Gasteiger partial charge on any atom is 0.316 e. The molecule has 2 heterocycles. The number of hydrogen-bond donors (Lipinski definition) is 1. The van der Waals surface area contributed by atoms with Crippen molar-refractivity contribution in [1.29, 1.82) is 5.26 Å². The monoisotopic (exact) mass is 345 g/mol. The smallest absolute Gasteiger partial charge is 0.316 e. The molecular weight excluding hydrogens is 334 g/mol. The minimum Gasteiger partial charge on any atom is -0.334 e. The molecule has 1 N–H and O–H groups in total. The molecule has 2 aromatic carbocycles. The number of fused-ring (bicyclic) bond motifs is 1. The van der Waals surface area contributed by atoms with Crippen molar-refractivity contribution in [2.75, 3.05) is 0 Å². The topological polar surface area (TPSA) is 118 Å². The minimum atomic E-state index is -0.691. The van der Waals surface area contributed by atoms with E-state index in [2.05, 4.69) is 15.1 Å². The van der Waals surface area contributed by atoms with Gasteiger partial charge in [0.25, 0.3) is 5.89 Å². The standard InChI is InChI=1S/C18H11N5O3/c1-23-14-7-6-12(8-13(14)20-16(24)18(23)25)15-21-17(26-22-15)11-4-2-10(9-19)3-5-11/h2-8H,1H3,(H,20,24). The molecule has 0 aliphatic rings.